The Balaban J connectivity index is 2.20. The van der Waals surface area contributed by atoms with Gasteiger partial charge in [-0.05, 0) is 61.9 Å². The molecule has 1 N–H and O–H groups in total. The van der Waals surface area contributed by atoms with Crippen LogP contribution < -0.4 is 5.32 Å². The standard InChI is InChI=1S/C16H31N/c1-4-7-14-12-17-11-10-16(14)9-6-5-8-15(16)13(2)3/h13-15,17H,4-12H2,1-3H3. The van der Waals surface area contributed by atoms with Crippen molar-refractivity contribution in [3.63, 3.8) is 0 Å². The predicted molar refractivity (Wildman–Crippen MR) is 75.1 cm³/mol. The molecule has 1 aliphatic heterocycles. The molecule has 17 heavy (non-hydrogen) atoms. The summed E-state index contributed by atoms with van der Waals surface area (Å²) in [5.74, 6) is 2.83. The monoisotopic (exact) mass is 237 g/mol. The fourth-order valence-electron chi connectivity index (χ4n) is 4.85. The maximum Gasteiger partial charge on any atom is -0.00151 e. The van der Waals surface area contributed by atoms with E-state index in [-0.39, 0.29) is 0 Å². The SMILES string of the molecule is CCCC1CNCCC12CCCCC2C(C)C. The Hall–Kier alpha value is -0.0400. The number of hydrogen-bond donors (Lipinski definition) is 1. The van der Waals surface area contributed by atoms with Crippen LogP contribution in [-0.4, -0.2) is 13.1 Å². The Morgan fingerprint density at radius 2 is 2.06 bits per heavy atom. The van der Waals surface area contributed by atoms with E-state index >= 15 is 0 Å². The first-order valence-electron chi connectivity index (χ1n) is 7.91. The molecule has 1 aliphatic carbocycles. The molecule has 2 aliphatic rings. The van der Waals surface area contributed by atoms with Crippen LogP contribution in [0.3, 0.4) is 0 Å². The molecule has 3 atom stereocenters. The Kier molecular flexibility index (Phi) is 4.52. The summed E-state index contributed by atoms with van der Waals surface area (Å²) in [5, 5.41) is 3.65. The van der Waals surface area contributed by atoms with E-state index in [0.29, 0.717) is 5.41 Å². The maximum absolute atomic E-state index is 3.65. The molecule has 1 heteroatoms. The molecule has 1 saturated heterocycles. The third-order valence-corrected chi connectivity index (χ3v) is 5.56. The summed E-state index contributed by atoms with van der Waals surface area (Å²) in [4.78, 5) is 0. The second-order valence-electron chi connectivity index (χ2n) is 6.77. The van der Waals surface area contributed by atoms with Gasteiger partial charge in [0, 0.05) is 0 Å². The Morgan fingerprint density at radius 1 is 1.24 bits per heavy atom. The summed E-state index contributed by atoms with van der Waals surface area (Å²) in [6, 6.07) is 0. The zero-order valence-corrected chi connectivity index (χ0v) is 12.1. The van der Waals surface area contributed by atoms with Crippen LogP contribution >= 0.6 is 0 Å². The first-order valence-corrected chi connectivity index (χ1v) is 7.91. The quantitative estimate of drug-likeness (QED) is 0.774. The molecule has 0 aromatic carbocycles. The van der Waals surface area contributed by atoms with E-state index in [0.717, 1.165) is 17.8 Å². The van der Waals surface area contributed by atoms with E-state index in [1.54, 1.807) is 0 Å². The van der Waals surface area contributed by atoms with Crippen molar-refractivity contribution >= 4 is 0 Å². The van der Waals surface area contributed by atoms with Crippen molar-refractivity contribution in [2.24, 2.45) is 23.2 Å². The molecule has 0 radical (unpaired) electrons. The van der Waals surface area contributed by atoms with Crippen molar-refractivity contribution < 1.29 is 0 Å². The van der Waals surface area contributed by atoms with Gasteiger partial charge in [-0.25, -0.2) is 0 Å². The largest absolute Gasteiger partial charge is 0.316 e. The fourth-order valence-corrected chi connectivity index (χ4v) is 4.85. The van der Waals surface area contributed by atoms with Gasteiger partial charge in [-0.3, -0.25) is 0 Å². The van der Waals surface area contributed by atoms with Crippen LogP contribution in [0, 0.1) is 23.2 Å². The van der Waals surface area contributed by atoms with Crippen molar-refractivity contribution in [2.45, 2.75) is 65.7 Å². The van der Waals surface area contributed by atoms with Crippen LogP contribution in [0.4, 0.5) is 0 Å². The summed E-state index contributed by atoms with van der Waals surface area (Å²) in [6.45, 7) is 9.83. The van der Waals surface area contributed by atoms with Gasteiger partial charge in [-0.2, -0.15) is 0 Å². The van der Waals surface area contributed by atoms with Crippen LogP contribution in [0.2, 0.25) is 0 Å². The topological polar surface area (TPSA) is 12.0 Å². The summed E-state index contributed by atoms with van der Waals surface area (Å²) in [7, 11) is 0. The highest BCUT2D eigenvalue weighted by atomic mass is 14.9. The van der Waals surface area contributed by atoms with E-state index in [1.807, 2.05) is 0 Å². The zero-order chi connectivity index (χ0) is 12.3. The molecule has 1 saturated carbocycles. The minimum absolute atomic E-state index is 0.702. The summed E-state index contributed by atoms with van der Waals surface area (Å²) >= 11 is 0. The molecule has 2 fully saturated rings. The van der Waals surface area contributed by atoms with Gasteiger partial charge in [0.25, 0.3) is 0 Å². The lowest BCUT2D eigenvalue weighted by Gasteiger charge is -2.54. The van der Waals surface area contributed by atoms with E-state index in [9.17, 15) is 0 Å². The van der Waals surface area contributed by atoms with Gasteiger partial charge >= 0.3 is 0 Å². The van der Waals surface area contributed by atoms with Crippen molar-refractivity contribution in [2.75, 3.05) is 13.1 Å². The molecule has 0 bridgehead atoms. The number of hydrogen-bond acceptors (Lipinski definition) is 1. The van der Waals surface area contributed by atoms with E-state index < -0.39 is 0 Å². The minimum Gasteiger partial charge on any atom is -0.316 e. The Labute approximate surface area is 108 Å². The van der Waals surface area contributed by atoms with Gasteiger partial charge in [0.2, 0.25) is 0 Å². The van der Waals surface area contributed by atoms with Crippen LogP contribution in [-0.2, 0) is 0 Å². The highest BCUT2D eigenvalue weighted by Gasteiger charge is 2.47. The van der Waals surface area contributed by atoms with Gasteiger partial charge in [0.15, 0.2) is 0 Å². The van der Waals surface area contributed by atoms with Gasteiger partial charge in [-0.15, -0.1) is 0 Å². The number of nitrogens with one attached hydrogen (secondary N) is 1. The predicted octanol–water partition coefficient (Wildman–Crippen LogP) is 4.23. The number of rotatable bonds is 3. The molecule has 100 valence electrons. The lowest BCUT2D eigenvalue weighted by atomic mass is 9.53. The van der Waals surface area contributed by atoms with Gasteiger partial charge in [0.05, 0.1) is 0 Å². The molecule has 3 unspecified atom stereocenters. The fraction of sp³-hybridized carbons (Fsp3) is 1.00. The van der Waals surface area contributed by atoms with E-state index in [1.165, 1.54) is 58.0 Å². The van der Waals surface area contributed by atoms with Crippen molar-refractivity contribution in [3.05, 3.63) is 0 Å². The van der Waals surface area contributed by atoms with Crippen LogP contribution in [0.25, 0.3) is 0 Å². The average molecular weight is 237 g/mol. The third-order valence-electron chi connectivity index (χ3n) is 5.56. The minimum atomic E-state index is 0.702. The van der Waals surface area contributed by atoms with Crippen molar-refractivity contribution in [1.29, 1.82) is 0 Å². The zero-order valence-electron chi connectivity index (χ0n) is 12.1. The first-order chi connectivity index (χ1) is 8.20. The van der Waals surface area contributed by atoms with Crippen LogP contribution in [0.15, 0.2) is 0 Å². The molecule has 1 nitrogen and oxygen atoms in total. The number of piperidine rings is 1. The summed E-state index contributed by atoms with van der Waals surface area (Å²) in [6.07, 6.45) is 10.2. The second-order valence-corrected chi connectivity index (χ2v) is 6.77. The smallest absolute Gasteiger partial charge is 0.00151 e. The molecule has 1 spiro atoms. The van der Waals surface area contributed by atoms with Crippen LogP contribution in [0.5, 0.6) is 0 Å². The molecule has 1 heterocycles. The highest BCUT2D eigenvalue weighted by Crippen LogP contribution is 2.54. The summed E-state index contributed by atoms with van der Waals surface area (Å²) < 4.78 is 0. The molecular weight excluding hydrogens is 206 g/mol. The van der Waals surface area contributed by atoms with Crippen LogP contribution in [0.1, 0.15) is 65.7 Å². The van der Waals surface area contributed by atoms with E-state index in [2.05, 4.69) is 26.1 Å². The molecular formula is C16H31N. The highest BCUT2D eigenvalue weighted by molar-refractivity contribution is 4.98. The third kappa shape index (κ3) is 2.54. The molecule has 2 rings (SSSR count). The second kappa shape index (κ2) is 5.73. The molecule has 0 amide bonds. The van der Waals surface area contributed by atoms with E-state index in [4.69, 9.17) is 0 Å². The van der Waals surface area contributed by atoms with Crippen molar-refractivity contribution in [3.8, 4) is 0 Å². The Morgan fingerprint density at radius 3 is 2.76 bits per heavy atom. The average Bonchev–Trinajstić information content (AvgIpc) is 2.33. The molecule has 0 aromatic heterocycles. The van der Waals surface area contributed by atoms with Gasteiger partial charge < -0.3 is 5.32 Å². The van der Waals surface area contributed by atoms with Crippen molar-refractivity contribution in [1.82, 2.24) is 5.32 Å². The maximum atomic E-state index is 3.65. The van der Waals surface area contributed by atoms with Gasteiger partial charge in [-0.1, -0.05) is 40.0 Å². The summed E-state index contributed by atoms with van der Waals surface area (Å²) in [5.41, 5.74) is 0.702. The van der Waals surface area contributed by atoms with Gasteiger partial charge in [0.1, 0.15) is 0 Å². The lowest BCUT2D eigenvalue weighted by Crippen LogP contribution is -2.51. The first kappa shape index (κ1) is 13.4. The molecule has 0 aromatic rings. The Bertz CT molecular complexity index is 228. The normalized spacial score (nSPS) is 38.8. The lowest BCUT2D eigenvalue weighted by molar-refractivity contribution is -0.0298.